The molecule has 0 atom stereocenters. The first-order valence-corrected chi connectivity index (χ1v) is 8.22. The zero-order chi connectivity index (χ0) is 15.0. The Morgan fingerprint density at radius 2 is 2.00 bits per heavy atom. The molecule has 0 saturated carbocycles. The molecule has 0 aromatic heterocycles. The van der Waals surface area contributed by atoms with Gasteiger partial charge in [0.2, 0.25) is 5.88 Å². The summed E-state index contributed by atoms with van der Waals surface area (Å²) in [5, 5.41) is 0. The minimum Gasteiger partial charge on any atom is -0.437 e. The molecule has 4 nitrogen and oxygen atoms in total. The van der Waals surface area contributed by atoms with Crippen LogP contribution >= 0.6 is 24.0 Å². The number of thiocarbonyl (C=S) groups is 1. The van der Waals surface area contributed by atoms with E-state index in [1.54, 1.807) is 4.90 Å². The van der Waals surface area contributed by atoms with Crippen molar-refractivity contribution in [1.82, 2.24) is 4.90 Å². The molecule has 2 aliphatic heterocycles. The highest BCUT2D eigenvalue weighted by Gasteiger charge is 2.39. The van der Waals surface area contributed by atoms with Crippen LogP contribution in [0.25, 0.3) is 0 Å². The van der Waals surface area contributed by atoms with Crippen molar-refractivity contribution in [2.45, 2.75) is 20.3 Å². The monoisotopic (exact) mass is 320 g/mol. The lowest BCUT2D eigenvalue weighted by Crippen LogP contribution is -2.30. The Kier molecular flexibility index (Phi) is 3.91. The van der Waals surface area contributed by atoms with Crippen molar-refractivity contribution in [3.63, 3.8) is 0 Å². The van der Waals surface area contributed by atoms with Gasteiger partial charge in [-0.05, 0) is 37.2 Å². The minimum atomic E-state index is -0.0480. The van der Waals surface area contributed by atoms with Crippen LogP contribution in [0.4, 0.5) is 5.69 Å². The standard InChI is InChI=1S/C15H16N2O2S2/c1-3-9-17-13(18)12(21-15(17)20)14-16(4-2)10-7-5-6-8-11(10)19-14/h5-8H,3-4,9H2,1-2H3/b14-12-. The van der Waals surface area contributed by atoms with Crippen LogP contribution in [0.1, 0.15) is 20.3 Å². The highest BCUT2D eigenvalue weighted by atomic mass is 32.2. The van der Waals surface area contributed by atoms with Crippen LogP contribution in [0.15, 0.2) is 35.1 Å². The third kappa shape index (κ3) is 2.32. The number of ether oxygens (including phenoxy) is 1. The van der Waals surface area contributed by atoms with Crippen molar-refractivity contribution in [1.29, 1.82) is 0 Å². The molecular weight excluding hydrogens is 304 g/mol. The summed E-state index contributed by atoms with van der Waals surface area (Å²) in [7, 11) is 0. The summed E-state index contributed by atoms with van der Waals surface area (Å²) >= 11 is 6.65. The number of rotatable bonds is 3. The highest BCUT2D eigenvalue weighted by molar-refractivity contribution is 8.26. The molecule has 3 rings (SSSR count). The maximum Gasteiger partial charge on any atom is 0.271 e. The summed E-state index contributed by atoms with van der Waals surface area (Å²) in [6.07, 6.45) is 0.883. The number of para-hydroxylation sites is 2. The van der Waals surface area contributed by atoms with Gasteiger partial charge in [0.05, 0.1) is 5.69 Å². The van der Waals surface area contributed by atoms with Gasteiger partial charge in [0, 0.05) is 13.1 Å². The Morgan fingerprint density at radius 3 is 2.71 bits per heavy atom. The van der Waals surface area contributed by atoms with E-state index in [1.165, 1.54) is 11.8 Å². The lowest BCUT2D eigenvalue weighted by Gasteiger charge is -2.17. The summed E-state index contributed by atoms with van der Waals surface area (Å²) in [4.78, 5) is 16.8. The van der Waals surface area contributed by atoms with Gasteiger partial charge in [-0.15, -0.1) is 0 Å². The predicted molar refractivity (Wildman–Crippen MR) is 89.3 cm³/mol. The van der Waals surface area contributed by atoms with Crippen molar-refractivity contribution in [2.24, 2.45) is 0 Å². The van der Waals surface area contributed by atoms with E-state index < -0.39 is 0 Å². The van der Waals surface area contributed by atoms with Gasteiger partial charge in [-0.2, -0.15) is 0 Å². The van der Waals surface area contributed by atoms with E-state index in [4.69, 9.17) is 17.0 Å². The van der Waals surface area contributed by atoms with Gasteiger partial charge in [0.15, 0.2) is 5.75 Å². The van der Waals surface area contributed by atoms with Crippen molar-refractivity contribution in [2.75, 3.05) is 18.0 Å². The molecule has 21 heavy (non-hydrogen) atoms. The molecule has 2 aliphatic rings. The Bertz CT molecular complexity index is 642. The second-order valence-corrected chi connectivity index (χ2v) is 6.42. The molecule has 1 amide bonds. The Labute approximate surface area is 133 Å². The zero-order valence-corrected chi connectivity index (χ0v) is 13.6. The summed E-state index contributed by atoms with van der Waals surface area (Å²) < 4.78 is 6.53. The lowest BCUT2D eigenvalue weighted by molar-refractivity contribution is -0.122. The maximum absolute atomic E-state index is 12.6. The van der Waals surface area contributed by atoms with E-state index in [0.717, 1.165) is 24.4 Å². The fourth-order valence-electron chi connectivity index (χ4n) is 2.46. The Balaban J connectivity index is 2.01. The SMILES string of the molecule is CCCN1C(=O)/C(=C2/Oc3ccccc3N2CC)SC1=S. The molecule has 110 valence electrons. The number of fused-ring (bicyclic) bond motifs is 1. The molecule has 2 heterocycles. The number of carbonyl (C=O) groups excluding carboxylic acids is 1. The Hall–Kier alpha value is -1.53. The third-order valence-corrected chi connectivity index (χ3v) is 4.83. The number of carbonyl (C=O) groups is 1. The number of hydrogen-bond donors (Lipinski definition) is 0. The first-order chi connectivity index (χ1) is 10.2. The molecule has 0 bridgehead atoms. The van der Waals surface area contributed by atoms with Crippen LogP contribution in [0.3, 0.4) is 0 Å². The quantitative estimate of drug-likeness (QED) is 0.630. The summed E-state index contributed by atoms with van der Waals surface area (Å²) in [5.74, 6) is 1.35. The van der Waals surface area contributed by atoms with E-state index in [1.807, 2.05) is 43.0 Å². The third-order valence-electron chi connectivity index (χ3n) is 3.41. The maximum atomic E-state index is 12.6. The average molecular weight is 320 g/mol. The summed E-state index contributed by atoms with van der Waals surface area (Å²) in [6, 6.07) is 7.81. The van der Waals surface area contributed by atoms with Crippen molar-refractivity contribution < 1.29 is 9.53 Å². The van der Waals surface area contributed by atoms with Crippen LogP contribution < -0.4 is 9.64 Å². The molecule has 1 fully saturated rings. The molecule has 1 aromatic carbocycles. The number of amides is 1. The summed E-state index contributed by atoms with van der Waals surface area (Å²) in [5.41, 5.74) is 0.996. The summed E-state index contributed by atoms with van der Waals surface area (Å²) in [6.45, 7) is 5.47. The minimum absolute atomic E-state index is 0.0480. The van der Waals surface area contributed by atoms with Gasteiger partial charge in [-0.3, -0.25) is 9.69 Å². The predicted octanol–water partition coefficient (Wildman–Crippen LogP) is 3.34. The van der Waals surface area contributed by atoms with Gasteiger partial charge < -0.3 is 9.64 Å². The molecule has 0 unspecified atom stereocenters. The van der Waals surface area contributed by atoms with Crippen molar-refractivity contribution >= 4 is 39.9 Å². The van der Waals surface area contributed by atoms with Gasteiger partial charge in [-0.25, -0.2) is 0 Å². The molecule has 0 radical (unpaired) electrons. The molecule has 0 N–H and O–H groups in total. The average Bonchev–Trinajstić information content (AvgIpc) is 2.99. The van der Waals surface area contributed by atoms with E-state index in [2.05, 4.69) is 0 Å². The fourth-order valence-corrected chi connectivity index (χ4v) is 3.78. The molecule has 0 aliphatic carbocycles. The molecule has 1 aromatic rings. The van der Waals surface area contributed by atoms with Gasteiger partial charge >= 0.3 is 0 Å². The van der Waals surface area contributed by atoms with E-state index in [0.29, 0.717) is 21.7 Å². The zero-order valence-electron chi connectivity index (χ0n) is 12.0. The number of hydrogen-bond acceptors (Lipinski definition) is 5. The normalized spacial score (nSPS) is 21.0. The van der Waals surface area contributed by atoms with Gasteiger partial charge in [-0.1, -0.05) is 31.3 Å². The number of benzene rings is 1. The largest absolute Gasteiger partial charge is 0.437 e. The van der Waals surface area contributed by atoms with Gasteiger partial charge in [0.25, 0.3) is 5.91 Å². The Morgan fingerprint density at radius 1 is 1.24 bits per heavy atom. The van der Waals surface area contributed by atoms with Crippen LogP contribution in [-0.4, -0.2) is 28.2 Å². The molecule has 6 heteroatoms. The number of nitrogens with zero attached hydrogens (tertiary/aromatic N) is 2. The molecule has 1 saturated heterocycles. The van der Waals surface area contributed by atoms with E-state index in [9.17, 15) is 4.79 Å². The topological polar surface area (TPSA) is 32.8 Å². The fraction of sp³-hybridized carbons (Fsp3) is 0.333. The number of thioether (sulfide) groups is 1. The van der Waals surface area contributed by atoms with Crippen LogP contribution in [0.5, 0.6) is 5.75 Å². The second-order valence-electron chi connectivity index (χ2n) is 4.77. The first kappa shape index (κ1) is 14.4. The second kappa shape index (κ2) is 5.69. The van der Waals surface area contributed by atoms with E-state index >= 15 is 0 Å². The van der Waals surface area contributed by atoms with Crippen molar-refractivity contribution in [3.8, 4) is 5.75 Å². The van der Waals surface area contributed by atoms with Crippen LogP contribution in [-0.2, 0) is 4.79 Å². The smallest absolute Gasteiger partial charge is 0.271 e. The van der Waals surface area contributed by atoms with Crippen LogP contribution in [0, 0.1) is 0 Å². The molecular formula is C15H16N2O2S2. The van der Waals surface area contributed by atoms with Crippen molar-refractivity contribution in [3.05, 3.63) is 35.1 Å². The first-order valence-electron chi connectivity index (χ1n) is 6.99. The highest BCUT2D eigenvalue weighted by Crippen LogP contribution is 2.43. The van der Waals surface area contributed by atoms with Crippen LogP contribution in [0.2, 0.25) is 0 Å². The van der Waals surface area contributed by atoms with Gasteiger partial charge in [0.1, 0.15) is 9.23 Å². The van der Waals surface area contributed by atoms with E-state index in [-0.39, 0.29) is 5.91 Å². The molecule has 0 spiro atoms. The lowest BCUT2D eigenvalue weighted by atomic mass is 10.3. The number of anilines is 1.